The van der Waals surface area contributed by atoms with Crippen molar-refractivity contribution >= 4 is 5.91 Å². The van der Waals surface area contributed by atoms with Gasteiger partial charge >= 0.3 is 0 Å². The van der Waals surface area contributed by atoms with E-state index in [9.17, 15) is 9.90 Å². The molecule has 190 valence electrons. The van der Waals surface area contributed by atoms with E-state index in [0.717, 1.165) is 34.3 Å². The van der Waals surface area contributed by atoms with E-state index in [0.29, 0.717) is 18.6 Å². The van der Waals surface area contributed by atoms with Gasteiger partial charge < -0.3 is 14.9 Å². The summed E-state index contributed by atoms with van der Waals surface area (Å²) in [5, 5.41) is 14.0. The van der Waals surface area contributed by atoms with Gasteiger partial charge in [0, 0.05) is 6.42 Å². The SMILES string of the molecule is CCCCCCCC[N+](C)(C)CCNC(=O)CCc1cc(C(C)(C)C)c(O)c(C(C)(C)C)c1. The van der Waals surface area contributed by atoms with Gasteiger partial charge in [-0.05, 0) is 46.8 Å². The molecular formula is C29H53N2O2+. The monoisotopic (exact) mass is 461 g/mol. The standard InChI is InChI=1S/C29H52N2O2/c1-10-11-12-13-14-15-19-31(8,9)20-18-30-26(32)17-16-23-21-24(28(2,3)4)27(33)25(22-23)29(5,6)7/h21-22H,10-20H2,1-9H3,(H-,30,32,33)/p+1. The molecule has 33 heavy (non-hydrogen) atoms. The molecular weight excluding hydrogens is 408 g/mol. The van der Waals surface area contributed by atoms with Crippen LogP contribution in [0, 0.1) is 0 Å². The molecule has 0 saturated carbocycles. The van der Waals surface area contributed by atoms with Crippen LogP contribution >= 0.6 is 0 Å². The van der Waals surface area contributed by atoms with E-state index in [-0.39, 0.29) is 16.7 Å². The van der Waals surface area contributed by atoms with Crippen LogP contribution in [-0.4, -0.2) is 49.2 Å². The molecule has 0 spiro atoms. The fourth-order valence-corrected chi connectivity index (χ4v) is 4.26. The number of unbranched alkanes of at least 4 members (excludes halogenated alkanes) is 5. The van der Waals surface area contributed by atoms with Crippen LogP contribution in [0.2, 0.25) is 0 Å². The van der Waals surface area contributed by atoms with Gasteiger partial charge in [-0.25, -0.2) is 0 Å². The van der Waals surface area contributed by atoms with Crippen LogP contribution < -0.4 is 5.32 Å². The molecule has 0 aliphatic rings. The van der Waals surface area contributed by atoms with Crippen molar-refractivity contribution < 1.29 is 14.4 Å². The number of amides is 1. The summed E-state index contributed by atoms with van der Waals surface area (Å²) in [7, 11) is 4.52. The molecule has 0 saturated heterocycles. The lowest BCUT2D eigenvalue weighted by Crippen LogP contribution is -2.46. The molecule has 0 fully saturated rings. The van der Waals surface area contributed by atoms with Gasteiger partial charge in [0.05, 0.1) is 33.7 Å². The van der Waals surface area contributed by atoms with Gasteiger partial charge in [0.2, 0.25) is 5.91 Å². The second-order valence-electron chi connectivity index (χ2n) is 12.5. The van der Waals surface area contributed by atoms with Gasteiger partial charge in [-0.15, -0.1) is 0 Å². The number of benzene rings is 1. The van der Waals surface area contributed by atoms with Crippen molar-refractivity contribution in [3.8, 4) is 5.75 Å². The van der Waals surface area contributed by atoms with E-state index in [1.165, 1.54) is 45.1 Å². The molecule has 4 nitrogen and oxygen atoms in total. The van der Waals surface area contributed by atoms with Gasteiger partial charge in [-0.3, -0.25) is 4.79 Å². The molecule has 0 aliphatic heterocycles. The van der Waals surface area contributed by atoms with E-state index >= 15 is 0 Å². The third-order valence-corrected chi connectivity index (χ3v) is 6.58. The first-order chi connectivity index (χ1) is 15.2. The van der Waals surface area contributed by atoms with E-state index in [2.05, 4.69) is 80.0 Å². The number of carbonyl (C=O) groups excluding carboxylic acids is 1. The number of aryl methyl sites for hydroxylation is 1. The molecule has 0 heterocycles. The first-order valence-corrected chi connectivity index (χ1v) is 13.1. The Kier molecular flexibility index (Phi) is 11.4. The van der Waals surface area contributed by atoms with Crippen LogP contribution in [0.3, 0.4) is 0 Å². The smallest absolute Gasteiger partial charge is 0.220 e. The fourth-order valence-electron chi connectivity index (χ4n) is 4.26. The summed E-state index contributed by atoms with van der Waals surface area (Å²) in [6.45, 7) is 17.8. The molecule has 2 N–H and O–H groups in total. The number of likely N-dealkylation sites (N-methyl/N-ethyl adjacent to an activating group) is 1. The molecule has 0 unspecified atom stereocenters. The van der Waals surface area contributed by atoms with Crippen molar-refractivity contribution in [1.82, 2.24) is 5.32 Å². The summed E-state index contributed by atoms with van der Waals surface area (Å²) in [6, 6.07) is 4.16. The van der Waals surface area contributed by atoms with Crippen molar-refractivity contribution in [2.45, 2.75) is 111 Å². The maximum Gasteiger partial charge on any atom is 0.220 e. The second-order valence-corrected chi connectivity index (χ2v) is 12.5. The molecule has 0 aliphatic carbocycles. The normalized spacial score (nSPS) is 12.8. The number of hydrogen-bond donors (Lipinski definition) is 2. The highest BCUT2D eigenvalue weighted by Crippen LogP contribution is 2.39. The van der Waals surface area contributed by atoms with E-state index in [1.54, 1.807) is 0 Å². The van der Waals surface area contributed by atoms with Gasteiger partial charge in [-0.2, -0.15) is 0 Å². The Morgan fingerprint density at radius 1 is 0.879 bits per heavy atom. The first kappa shape index (κ1) is 29.5. The van der Waals surface area contributed by atoms with Gasteiger partial charge in [0.25, 0.3) is 0 Å². The highest BCUT2D eigenvalue weighted by atomic mass is 16.3. The van der Waals surface area contributed by atoms with Crippen LogP contribution in [0.1, 0.15) is 110 Å². The minimum absolute atomic E-state index is 0.109. The molecule has 0 atom stereocenters. The van der Waals surface area contributed by atoms with Gasteiger partial charge in [0.15, 0.2) is 0 Å². The summed E-state index contributed by atoms with van der Waals surface area (Å²) in [5.74, 6) is 0.505. The van der Waals surface area contributed by atoms with E-state index < -0.39 is 0 Å². The number of carbonyl (C=O) groups is 1. The quantitative estimate of drug-likeness (QED) is 0.261. The zero-order valence-corrected chi connectivity index (χ0v) is 23.2. The Balaban J connectivity index is 2.57. The predicted octanol–water partition coefficient (Wildman–Crippen LogP) is 6.47. The Morgan fingerprint density at radius 2 is 1.39 bits per heavy atom. The number of quaternary nitrogens is 1. The first-order valence-electron chi connectivity index (χ1n) is 13.1. The molecule has 1 amide bonds. The molecule has 0 bridgehead atoms. The van der Waals surface area contributed by atoms with Crippen molar-refractivity contribution in [2.24, 2.45) is 0 Å². The lowest BCUT2D eigenvalue weighted by molar-refractivity contribution is -0.889. The average molecular weight is 462 g/mol. The molecule has 0 aromatic heterocycles. The predicted molar refractivity (Wildman–Crippen MR) is 142 cm³/mol. The van der Waals surface area contributed by atoms with Crippen LogP contribution in [0.15, 0.2) is 12.1 Å². The highest BCUT2D eigenvalue weighted by Gasteiger charge is 2.26. The summed E-state index contributed by atoms with van der Waals surface area (Å²) in [5.41, 5.74) is 2.74. The Bertz CT molecular complexity index is 704. The Morgan fingerprint density at radius 3 is 1.91 bits per heavy atom. The zero-order valence-electron chi connectivity index (χ0n) is 23.2. The number of rotatable bonds is 13. The maximum atomic E-state index is 12.5. The zero-order chi connectivity index (χ0) is 25.3. The van der Waals surface area contributed by atoms with Crippen molar-refractivity contribution in [1.29, 1.82) is 0 Å². The minimum Gasteiger partial charge on any atom is -0.507 e. The minimum atomic E-state index is -0.151. The molecule has 1 rings (SSSR count). The summed E-state index contributed by atoms with van der Waals surface area (Å²) in [6.07, 6.45) is 9.08. The van der Waals surface area contributed by atoms with Crippen molar-refractivity contribution in [3.05, 3.63) is 28.8 Å². The summed E-state index contributed by atoms with van der Waals surface area (Å²) >= 11 is 0. The van der Waals surface area contributed by atoms with Crippen LogP contribution in [0.25, 0.3) is 0 Å². The lowest BCUT2D eigenvalue weighted by atomic mass is 9.78. The van der Waals surface area contributed by atoms with Crippen molar-refractivity contribution in [2.75, 3.05) is 33.7 Å². The second kappa shape index (κ2) is 12.8. The Hall–Kier alpha value is -1.55. The number of aromatic hydroxyl groups is 1. The number of phenols is 1. The number of nitrogens with one attached hydrogen (secondary N) is 1. The Labute approximate surface area is 204 Å². The molecule has 4 heteroatoms. The maximum absolute atomic E-state index is 12.5. The molecule has 1 aromatic rings. The van der Waals surface area contributed by atoms with E-state index in [1.807, 2.05) is 0 Å². The van der Waals surface area contributed by atoms with Crippen LogP contribution in [0.5, 0.6) is 5.75 Å². The third kappa shape index (κ3) is 10.9. The lowest BCUT2D eigenvalue weighted by Gasteiger charge is -2.30. The largest absolute Gasteiger partial charge is 0.507 e. The third-order valence-electron chi connectivity index (χ3n) is 6.58. The number of nitrogens with zero attached hydrogens (tertiary/aromatic N) is 1. The fraction of sp³-hybridized carbons (Fsp3) is 0.759. The topological polar surface area (TPSA) is 49.3 Å². The van der Waals surface area contributed by atoms with Crippen LogP contribution in [-0.2, 0) is 22.0 Å². The number of hydrogen-bond acceptors (Lipinski definition) is 2. The van der Waals surface area contributed by atoms with E-state index in [4.69, 9.17) is 0 Å². The average Bonchev–Trinajstić information content (AvgIpc) is 2.67. The van der Waals surface area contributed by atoms with Crippen LogP contribution in [0.4, 0.5) is 0 Å². The van der Waals surface area contributed by atoms with Gasteiger partial charge in [-0.1, -0.05) is 86.3 Å². The molecule has 1 aromatic carbocycles. The summed E-state index contributed by atoms with van der Waals surface area (Å²) < 4.78 is 0.954. The number of phenolic OH excluding ortho intramolecular Hbond substituents is 1. The van der Waals surface area contributed by atoms with Crippen molar-refractivity contribution in [3.63, 3.8) is 0 Å². The highest BCUT2D eigenvalue weighted by molar-refractivity contribution is 5.76. The van der Waals surface area contributed by atoms with Gasteiger partial charge in [0.1, 0.15) is 5.75 Å². The summed E-state index contributed by atoms with van der Waals surface area (Å²) in [4.78, 5) is 12.5. The molecule has 0 radical (unpaired) electrons.